The molecule has 1 aliphatic heterocycles. The van der Waals surface area contributed by atoms with Crippen LogP contribution in [0.1, 0.15) is 50.8 Å². The quantitative estimate of drug-likeness (QED) is 0.458. The largest absolute Gasteiger partial charge is 0.503 e. The number of fused-ring (bicyclic) bond motifs is 4. The average Bonchev–Trinajstić information content (AvgIpc) is 2.75. The Morgan fingerprint density at radius 1 is 1.16 bits per heavy atom. The zero-order chi connectivity index (χ0) is 22.6. The lowest BCUT2D eigenvalue weighted by molar-refractivity contribution is -0.118. The fourth-order valence-electron chi connectivity index (χ4n) is 5.11. The molecule has 3 aromatic carbocycles. The van der Waals surface area contributed by atoms with Crippen molar-refractivity contribution in [1.82, 2.24) is 0 Å². The van der Waals surface area contributed by atoms with E-state index in [2.05, 4.69) is 43.4 Å². The van der Waals surface area contributed by atoms with Gasteiger partial charge in [0.2, 0.25) is 0 Å². The van der Waals surface area contributed by atoms with Crippen molar-refractivity contribution in [3.8, 4) is 11.5 Å². The van der Waals surface area contributed by atoms with Gasteiger partial charge in [-0.05, 0) is 58.9 Å². The number of ketones is 1. The molecular formula is C27H26ClNO3. The van der Waals surface area contributed by atoms with Crippen LogP contribution < -0.4 is 10.1 Å². The van der Waals surface area contributed by atoms with Crippen LogP contribution in [-0.4, -0.2) is 17.5 Å². The summed E-state index contributed by atoms with van der Waals surface area (Å²) in [5, 5.41) is 16.4. The van der Waals surface area contributed by atoms with E-state index in [0.717, 1.165) is 45.2 Å². The van der Waals surface area contributed by atoms with Gasteiger partial charge in [0.15, 0.2) is 17.3 Å². The number of halogens is 1. The smallest absolute Gasteiger partial charge is 0.176 e. The van der Waals surface area contributed by atoms with E-state index in [1.165, 1.54) is 0 Å². The van der Waals surface area contributed by atoms with Gasteiger partial charge in [0.05, 0.1) is 17.7 Å². The molecule has 0 spiro atoms. The number of anilines is 1. The first-order valence-corrected chi connectivity index (χ1v) is 11.4. The number of phenolic OH excluding ortho intramolecular Hbond substituents is 1. The number of ether oxygens (including phenoxy) is 1. The fraction of sp³-hybridized carbons (Fsp3) is 0.296. The molecule has 4 nitrogen and oxygen atoms in total. The maximum absolute atomic E-state index is 13.5. The SMILES string of the molecule is CCOc1cc([C@H]2Nc3ccc4ccccc4c3C3=C2C(=O)CC(C)(C)C3)cc(Cl)c1O. The molecular weight excluding hydrogens is 422 g/mol. The van der Waals surface area contributed by atoms with Crippen LogP contribution in [0.4, 0.5) is 5.69 Å². The van der Waals surface area contributed by atoms with Crippen LogP contribution in [0.5, 0.6) is 11.5 Å². The Hall–Kier alpha value is -2.98. The van der Waals surface area contributed by atoms with Gasteiger partial charge in [0, 0.05) is 23.2 Å². The molecule has 32 heavy (non-hydrogen) atoms. The van der Waals surface area contributed by atoms with Crippen molar-refractivity contribution < 1.29 is 14.6 Å². The van der Waals surface area contributed by atoms with Gasteiger partial charge in [-0.25, -0.2) is 0 Å². The molecule has 3 aromatic rings. The number of phenols is 1. The van der Waals surface area contributed by atoms with Crippen LogP contribution in [-0.2, 0) is 4.79 Å². The Bertz CT molecular complexity index is 1290. The standard InChI is InChI=1S/C27H26ClNO3/c1-4-32-22-12-16(11-19(28)26(22)31)25-24-18(13-27(2,3)14-21(24)30)23-17-8-6-5-7-15(17)9-10-20(23)29-25/h5-12,25,29,31H,4,13-14H2,1-3H3/t25-/m1/s1. The van der Waals surface area contributed by atoms with Crippen LogP contribution in [0.15, 0.2) is 54.1 Å². The highest BCUT2D eigenvalue weighted by Crippen LogP contribution is 2.52. The van der Waals surface area contributed by atoms with E-state index in [0.29, 0.717) is 18.8 Å². The maximum Gasteiger partial charge on any atom is 0.176 e. The summed E-state index contributed by atoms with van der Waals surface area (Å²) in [4.78, 5) is 13.5. The lowest BCUT2D eigenvalue weighted by Gasteiger charge is -2.40. The molecule has 2 aliphatic rings. The number of nitrogens with one attached hydrogen (secondary N) is 1. The zero-order valence-corrected chi connectivity index (χ0v) is 19.2. The third-order valence-corrected chi connectivity index (χ3v) is 6.71. The van der Waals surface area contributed by atoms with Gasteiger partial charge in [-0.3, -0.25) is 4.79 Å². The van der Waals surface area contributed by atoms with E-state index < -0.39 is 0 Å². The maximum atomic E-state index is 13.5. The van der Waals surface area contributed by atoms with Crippen molar-refractivity contribution in [1.29, 1.82) is 0 Å². The van der Waals surface area contributed by atoms with E-state index in [9.17, 15) is 9.90 Å². The van der Waals surface area contributed by atoms with Gasteiger partial charge in [0.25, 0.3) is 0 Å². The number of allylic oxidation sites excluding steroid dienone is 1. The molecule has 1 aliphatic carbocycles. The second kappa shape index (κ2) is 7.56. The van der Waals surface area contributed by atoms with E-state index >= 15 is 0 Å². The number of hydrogen-bond acceptors (Lipinski definition) is 4. The lowest BCUT2D eigenvalue weighted by Crippen LogP contribution is -2.33. The van der Waals surface area contributed by atoms with Crippen LogP contribution >= 0.6 is 11.6 Å². The lowest BCUT2D eigenvalue weighted by atomic mass is 9.68. The minimum atomic E-state index is -0.362. The molecule has 0 saturated heterocycles. The van der Waals surface area contributed by atoms with Crippen molar-refractivity contribution >= 4 is 39.4 Å². The first-order valence-electron chi connectivity index (χ1n) is 11.0. The van der Waals surface area contributed by atoms with E-state index in [-0.39, 0.29) is 28.0 Å². The number of hydrogen-bond donors (Lipinski definition) is 2. The van der Waals surface area contributed by atoms with Crippen LogP contribution in [0.3, 0.4) is 0 Å². The highest BCUT2D eigenvalue weighted by Gasteiger charge is 2.41. The molecule has 5 rings (SSSR count). The fourth-order valence-corrected chi connectivity index (χ4v) is 5.33. The Kier molecular flexibility index (Phi) is 4.94. The molecule has 164 valence electrons. The number of aromatic hydroxyl groups is 1. The van der Waals surface area contributed by atoms with Crippen molar-refractivity contribution in [3.05, 3.63) is 70.3 Å². The molecule has 0 saturated carbocycles. The number of benzene rings is 3. The highest BCUT2D eigenvalue weighted by atomic mass is 35.5. The third kappa shape index (κ3) is 3.34. The molecule has 1 heterocycles. The van der Waals surface area contributed by atoms with Crippen molar-refractivity contribution in [3.63, 3.8) is 0 Å². The van der Waals surface area contributed by atoms with Gasteiger partial charge in [0.1, 0.15) is 0 Å². The monoisotopic (exact) mass is 447 g/mol. The van der Waals surface area contributed by atoms with E-state index in [1.54, 1.807) is 12.1 Å². The molecule has 0 fully saturated rings. The van der Waals surface area contributed by atoms with Crippen molar-refractivity contribution in [2.45, 2.75) is 39.7 Å². The zero-order valence-electron chi connectivity index (χ0n) is 18.5. The molecule has 1 atom stereocenters. The number of carbonyl (C=O) groups excluding carboxylic acids is 1. The number of carbonyl (C=O) groups is 1. The molecule has 0 aromatic heterocycles. The summed E-state index contributed by atoms with van der Waals surface area (Å²) >= 11 is 6.35. The van der Waals surface area contributed by atoms with E-state index in [4.69, 9.17) is 16.3 Å². The summed E-state index contributed by atoms with van der Waals surface area (Å²) in [6.45, 7) is 6.57. The number of rotatable bonds is 3. The summed E-state index contributed by atoms with van der Waals surface area (Å²) in [6.07, 6.45) is 1.31. The van der Waals surface area contributed by atoms with Gasteiger partial charge in [-0.2, -0.15) is 0 Å². The minimum Gasteiger partial charge on any atom is -0.503 e. The van der Waals surface area contributed by atoms with Gasteiger partial charge < -0.3 is 15.2 Å². The Balaban J connectivity index is 1.77. The van der Waals surface area contributed by atoms with Crippen LogP contribution in [0, 0.1) is 5.41 Å². The highest BCUT2D eigenvalue weighted by molar-refractivity contribution is 6.32. The predicted molar refractivity (Wildman–Crippen MR) is 130 cm³/mol. The first-order chi connectivity index (χ1) is 15.3. The summed E-state index contributed by atoms with van der Waals surface area (Å²) in [7, 11) is 0. The topological polar surface area (TPSA) is 58.6 Å². The summed E-state index contributed by atoms with van der Waals surface area (Å²) in [5.41, 5.74) is 4.69. The Morgan fingerprint density at radius 2 is 1.94 bits per heavy atom. The molecule has 0 radical (unpaired) electrons. The molecule has 0 unspecified atom stereocenters. The van der Waals surface area contributed by atoms with Crippen LogP contribution in [0.25, 0.3) is 16.3 Å². The second-order valence-electron chi connectivity index (χ2n) is 9.40. The number of Topliss-reactive ketones (excluding diaryl/α,β-unsaturated/α-hetero) is 1. The van der Waals surface area contributed by atoms with Gasteiger partial charge in [-0.1, -0.05) is 55.8 Å². The third-order valence-electron chi connectivity index (χ3n) is 6.42. The average molecular weight is 448 g/mol. The molecule has 5 heteroatoms. The summed E-state index contributed by atoms with van der Waals surface area (Å²) in [5.74, 6) is 0.395. The van der Waals surface area contributed by atoms with Crippen molar-refractivity contribution in [2.75, 3.05) is 11.9 Å². The normalized spacial score (nSPS) is 19.4. The van der Waals surface area contributed by atoms with Crippen LogP contribution in [0.2, 0.25) is 5.02 Å². The Morgan fingerprint density at radius 3 is 2.72 bits per heavy atom. The first kappa shape index (κ1) is 20.9. The van der Waals surface area contributed by atoms with Crippen molar-refractivity contribution in [2.24, 2.45) is 5.41 Å². The van der Waals surface area contributed by atoms with Gasteiger partial charge in [-0.15, -0.1) is 0 Å². The van der Waals surface area contributed by atoms with Gasteiger partial charge >= 0.3 is 0 Å². The Labute approximate surface area is 192 Å². The molecule has 2 N–H and O–H groups in total. The summed E-state index contributed by atoms with van der Waals surface area (Å²) < 4.78 is 5.61. The van der Waals surface area contributed by atoms with E-state index in [1.807, 2.05) is 19.1 Å². The molecule has 0 bridgehead atoms. The summed E-state index contributed by atoms with van der Waals surface area (Å²) in [6, 6.07) is 15.6. The predicted octanol–water partition coefficient (Wildman–Crippen LogP) is 6.91. The minimum absolute atomic E-state index is 0.0789. The molecule has 0 amide bonds. The second-order valence-corrected chi connectivity index (χ2v) is 9.81.